The van der Waals surface area contributed by atoms with Crippen LogP contribution in [0.4, 0.5) is 0 Å². The Bertz CT molecular complexity index is 600. The first-order valence-corrected chi connectivity index (χ1v) is 7.06. The molecule has 0 atom stereocenters. The molecule has 0 fully saturated rings. The summed E-state index contributed by atoms with van der Waals surface area (Å²) in [4.78, 5) is 12.4. The number of carbonyl (C=O) groups excluding carboxylic acids is 1. The second-order valence-electron chi connectivity index (χ2n) is 5.00. The molecule has 0 saturated carbocycles. The molecule has 1 amide bonds. The smallest absolute Gasteiger partial charge is 0.251 e. The fourth-order valence-electron chi connectivity index (χ4n) is 2.24. The minimum atomic E-state index is -0.0679. The van der Waals surface area contributed by atoms with Crippen LogP contribution in [0.15, 0.2) is 28.8 Å². The van der Waals surface area contributed by atoms with Crippen LogP contribution in [0, 0.1) is 13.8 Å². The number of hydrogen-bond acceptors (Lipinski definition) is 4. The van der Waals surface area contributed by atoms with Gasteiger partial charge in [0.25, 0.3) is 5.91 Å². The van der Waals surface area contributed by atoms with Crippen molar-refractivity contribution in [2.45, 2.75) is 26.8 Å². The highest BCUT2D eigenvalue weighted by atomic mass is 16.5. The zero-order valence-electron chi connectivity index (χ0n) is 12.7. The number of aromatic nitrogens is 1. The molecule has 1 aromatic carbocycles. The van der Waals surface area contributed by atoms with Crippen LogP contribution >= 0.6 is 0 Å². The van der Waals surface area contributed by atoms with Crippen LogP contribution in [-0.2, 0) is 13.0 Å². The summed E-state index contributed by atoms with van der Waals surface area (Å²) < 4.78 is 5.10. The minimum Gasteiger partial charge on any atom is -0.361 e. The number of amides is 1. The number of nitrogens with one attached hydrogen (secondary N) is 2. The average molecular weight is 287 g/mol. The molecular weight excluding hydrogens is 266 g/mol. The highest BCUT2D eigenvalue weighted by molar-refractivity contribution is 5.95. The van der Waals surface area contributed by atoms with Crippen molar-refractivity contribution in [3.05, 3.63) is 52.4 Å². The van der Waals surface area contributed by atoms with Gasteiger partial charge in [-0.25, -0.2) is 0 Å². The van der Waals surface area contributed by atoms with E-state index >= 15 is 0 Å². The molecule has 1 aromatic heterocycles. The third-order valence-electron chi connectivity index (χ3n) is 3.51. The minimum absolute atomic E-state index is 0.0679. The van der Waals surface area contributed by atoms with Crippen molar-refractivity contribution in [2.24, 2.45) is 0 Å². The van der Waals surface area contributed by atoms with Crippen molar-refractivity contribution in [1.82, 2.24) is 15.8 Å². The summed E-state index contributed by atoms with van der Waals surface area (Å²) in [5.41, 5.74) is 3.52. The number of aryl methyl sites for hydroxylation is 2. The van der Waals surface area contributed by atoms with Gasteiger partial charge in [0.05, 0.1) is 5.69 Å². The number of nitrogens with zero attached hydrogens (tertiary/aromatic N) is 1. The van der Waals surface area contributed by atoms with E-state index in [2.05, 4.69) is 15.8 Å². The number of carbonyl (C=O) groups is 1. The molecule has 0 aliphatic rings. The lowest BCUT2D eigenvalue weighted by molar-refractivity contribution is 0.0950. The first-order chi connectivity index (χ1) is 10.1. The van der Waals surface area contributed by atoms with Gasteiger partial charge in [0.1, 0.15) is 5.76 Å². The molecule has 0 saturated heterocycles. The van der Waals surface area contributed by atoms with Gasteiger partial charge in [-0.2, -0.15) is 0 Å². The molecule has 112 valence electrons. The van der Waals surface area contributed by atoms with Crippen molar-refractivity contribution >= 4 is 5.91 Å². The normalized spacial score (nSPS) is 10.6. The number of benzene rings is 1. The lowest BCUT2D eigenvalue weighted by Crippen LogP contribution is -2.25. The van der Waals surface area contributed by atoms with Gasteiger partial charge in [0.2, 0.25) is 0 Å². The van der Waals surface area contributed by atoms with E-state index in [1.54, 1.807) is 0 Å². The SMILES string of the molecule is CNCCc1ccccc1C(=O)NCc1c(C)noc1C. The second kappa shape index (κ2) is 7.04. The quantitative estimate of drug-likeness (QED) is 0.852. The Balaban J connectivity index is 2.07. The standard InChI is InChI=1S/C16H21N3O2/c1-11-15(12(2)21-19-11)10-18-16(20)14-7-5-4-6-13(14)8-9-17-3/h4-7,17H,8-10H2,1-3H3,(H,18,20). The van der Waals surface area contributed by atoms with Gasteiger partial charge >= 0.3 is 0 Å². The Hall–Kier alpha value is -2.14. The van der Waals surface area contributed by atoms with E-state index in [1.165, 1.54) is 0 Å². The Morgan fingerprint density at radius 2 is 2.05 bits per heavy atom. The monoisotopic (exact) mass is 287 g/mol. The van der Waals surface area contributed by atoms with Gasteiger partial charge in [0, 0.05) is 17.7 Å². The first-order valence-electron chi connectivity index (χ1n) is 7.06. The number of likely N-dealkylation sites (N-methyl/N-ethyl adjacent to an activating group) is 1. The van der Waals surface area contributed by atoms with Gasteiger partial charge in [-0.1, -0.05) is 23.4 Å². The topological polar surface area (TPSA) is 67.2 Å². The molecule has 0 bridgehead atoms. The zero-order chi connectivity index (χ0) is 15.2. The van der Waals surface area contributed by atoms with Crippen LogP contribution in [0.1, 0.15) is 32.9 Å². The molecule has 0 spiro atoms. The predicted molar refractivity (Wildman–Crippen MR) is 81.2 cm³/mol. The van der Waals surface area contributed by atoms with Gasteiger partial charge in [-0.15, -0.1) is 0 Å². The molecule has 0 radical (unpaired) electrons. The molecule has 5 nitrogen and oxygen atoms in total. The van der Waals surface area contributed by atoms with E-state index in [4.69, 9.17) is 4.52 Å². The Labute approximate surface area is 124 Å². The van der Waals surface area contributed by atoms with E-state index in [-0.39, 0.29) is 5.91 Å². The highest BCUT2D eigenvalue weighted by Gasteiger charge is 2.13. The maximum atomic E-state index is 12.4. The summed E-state index contributed by atoms with van der Waals surface area (Å²) in [6.07, 6.45) is 0.825. The van der Waals surface area contributed by atoms with E-state index in [0.717, 1.165) is 41.1 Å². The van der Waals surface area contributed by atoms with Crippen LogP contribution < -0.4 is 10.6 Å². The molecule has 0 aliphatic carbocycles. The first kappa shape index (κ1) is 15.3. The summed E-state index contributed by atoms with van der Waals surface area (Å²) in [6, 6.07) is 7.68. The second-order valence-corrected chi connectivity index (χ2v) is 5.00. The lowest BCUT2D eigenvalue weighted by atomic mass is 10.0. The average Bonchev–Trinajstić information content (AvgIpc) is 2.82. The van der Waals surface area contributed by atoms with Gasteiger partial charge in [0.15, 0.2) is 0 Å². The lowest BCUT2D eigenvalue weighted by Gasteiger charge is -2.10. The van der Waals surface area contributed by atoms with Crippen LogP contribution in [0.5, 0.6) is 0 Å². The predicted octanol–water partition coefficient (Wildman–Crippen LogP) is 1.98. The molecular formula is C16H21N3O2. The molecule has 2 N–H and O–H groups in total. The van der Waals surface area contributed by atoms with Crippen molar-refractivity contribution in [2.75, 3.05) is 13.6 Å². The number of rotatable bonds is 6. The molecule has 2 aromatic rings. The van der Waals surface area contributed by atoms with Gasteiger partial charge in [-0.3, -0.25) is 4.79 Å². The molecule has 21 heavy (non-hydrogen) atoms. The number of hydrogen-bond donors (Lipinski definition) is 2. The maximum absolute atomic E-state index is 12.4. The van der Waals surface area contributed by atoms with Crippen LogP contribution in [-0.4, -0.2) is 24.7 Å². The zero-order valence-corrected chi connectivity index (χ0v) is 12.7. The molecule has 5 heteroatoms. The van der Waals surface area contributed by atoms with Crippen LogP contribution in [0.25, 0.3) is 0 Å². The largest absolute Gasteiger partial charge is 0.361 e. The fraction of sp³-hybridized carbons (Fsp3) is 0.375. The van der Waals surface area contributed by atoms with Crippen molar-refractivity contribution < 1.29 is 9.32 Å². The molecule has 1 heterocycles. The summed E-state index contributed by atoms with van der Waals surface area (Å²) in [5, 5.41) is 9.93. The highest BCUT2D eigenvalue weighted by Crippen LogP contribution is 2.13. The fourth-order valence-corrected chi connectivity index (χ4v) is 2.24. The van der Waals surface area contributed by atoms with Gasteiger partial charge < -0.3 is 15.2 Å². The Kier molecular flexibility index (Phi) is 5.11. The van der Waals surface area contributed by atoms with Gasteiger partial charge in [-0.05, 0) is 45.5 Å². The summed E-state index contributed by atoms with van der Waals surface area (Å²) >= 11 is 0. The molecule has 0 unspecified atom stereocenters. The Morgan fingerprint density at radius 1 is 1.29 bits per heavy atom. The summed E-state index contributed by atoms with van der Waals surface area (Å²) in [6.45, 7) is 5.00. The van der Waals surface area contributed by atoms with Crippen LogP contribution in [0.2, 0.25) is 0 Å². The maximum Gasteiger partial charge on any atom is 0.251 e. The van der Waals surface area contributed by atoms with Crippen molar-refractivity contribution in [3.63, 3.8) is 0 Å². The van der Waals surface area contributed by atoms with Crippen LogP contribution in [0.3, 0.4) is 0 Å². The van der Waals surface area contributed by atoms with E-state index in [0.29, 0.717) is 6.54 Å². The third-order valence-corrected chi connectivity index (χ3v) is 3.51. The molecule has 0 aliphatic heterocycles. The Morgan fingerprint density at radius 3 is 2.71 bits per heavy atom. The van der Waals surface area contributed by atoms with E-state index < -0.39 is 0 Å². The van der Waals surface area contributed by atoms with E-state index in [1.807, 2.05) is 45.2 Å². The van der Waals surface area contributed by atoms with Crippen molar-refractivity contribution in [1.29, 1.82) is 0 Å². The van der Waals surface area contributed by atoms with E-state index in [9.17, 15) is 4.79 Å². The molecule has 2 rings (SSSR count). The summed E-state index contributed by atoms with van der Waals surface area (Å²) in [7, 11) is 1.90. The summed E-state index contributed by atoms with van der Waals surface area (Å²) in [5.74, 6) is 0.679. The third kappa shape index (κ3) is 3.70. The van der Waals surface area contributed by atoms with Crippen molar-refractivity contribution in [3.8, 4) is 0 Å².